The number of ether oxygens (including phenoxy) is 1. The van der Waals surface area contributed by atoms with Crippen LogP contribution in [0.5, 0.6) is 0 Å². The number of thiophene rings is 1. The number of hydrogen-bond acceptors (Lipinski definition) is 4. The highest BCUT2D eigenvalue weighted by Crippen LogP contribution is 2.27. The molecule has 0 bridgehead atoms. The molecule has 0 aliphatic heterocycles. The summed E-state index contributed by atoms with van der Waals surface area (Å²) in [6, 6.07) is 1.80. The van der Waals surface area contributed by atoms with E-state index in [1.54, 1.807) is 13.0 Å². The van der Waals surface area contributed by atoms with Crippen molar-refractivity contribution in [1.29, 1.82) is 0 Å². The summed E-state index contributed by atoms with van der Waals surface area (Å²) in [7, 11) is 0. The average Bonchev–Trinajstić information content (AvgIpc) is 2.56. The Morgan fingerprint density at radius 3 is 2.62 bits per heavy atom. The van der Waals surface area contributed by atoms with Gasteiger partial charge in [-0.05, 0) is 35.8 Å². The number of ketones is 1. The van der Waals surface area contributed by atoms with E-state index in [0.717, 1.165) is 9.35 Å². The van der Waals surface area contributed by atoms with Gasteiger partial charge in [-0.15, -0.1) is 11.3 Å². The van der Waals surface area contributed by atoms with Crippen molar-refractivity contribution in [3.05, 3.63) is 20.3 Å². The molecule has 5 heteroatoms. The highest BCUT2D eigenvalue weighted by Gasteiger charge is 2.13. The first-order chi connectivity index (χ1) is 7.54. The van der Waals surface area contributed by atoms with Crippen LogP contribution in [0.25, 0.3) is 0 Å². The highest BCUT2D eigenvalue weighted by molar-refractivity contribution is 9.10. The predicted octanol–water partition coefficient (Wildman–Crippen LogP) is 3.35. The molecule has 88 valence electrons. The first-order valence-electron chi connectivity index (χ1n) is 4.99. The lowest BCUT2D eigenvalue weighted by atomic mass is 10.2. The van der Waals surface area contributed by atoms with E-state index in [0.29, 0.717) is 11.5 Å². The van der Waals surface area contributed by atoms with Crippen LogP contribution in [0.2, 0.25) is 0 Å². The summed E-state index contributed by atoms with van der Waals surface area (Å²) in [6.07, 6.45) is 0.368. The second kappa shape index (κ2) is 6.15. The van der Waals surface area contributed by atoms with Gasteiger partial charge in [0.05, 0.1) is 17.9 Å². The van der Waals surface area contributed by atoms with Crippen molar-refractivity contribution in [3.8, 4) is 0 Å². The monoisotopic (exact) mass is 304 g/mol. The van der Waals surface area contributed by atoms with E-state index >= 15 is 0 Å². The molecule has 0 amide bonds. The second-order valence-electron chi connectivity index (χ2n) is 3.24. The smallest absolute Gasteiger partial charge is 0.306 e. The summed E-state index contributed by atoms with van der Waals surface area (Å²) in [4.78, 5) is 24.5. The van der Waals surface area contributed by atoms with Crippen LogP contribution >= 0.6 is 27.3 Å². The van der Waals surface area contributed by atoms with Crippen LogP contribution in [-0.2, 0) is 9.53 Å². The van der Waals surface area contributed by atoms with Gasteiger partial charge in [0.15, 0.2) is 5.78 Å². The summed E-state index contributed by atoms with van der Waals surface area (Å²) < 4.78 is 5.70. The molecule has 0 radical (unpaired) electrons. The number of rotatable bonds is 5. The van der Waals surface area contributed by atoms with Gasteiger partial charge < -0.3 is 4.74 Å². The molecule has 0 saturated carbocycles. The van der Waals surface area contributed by atoms with Crippen LogP contribution in [0.15, 0.2) is 10.5 Å². The molecule has 0 saturated heterocycles. The summed E-state index contributed by atoms with van der Waals surface area (Å²) in [5, 5.41) is 0. The van der Waals surface area contributed by atoms with Crippen LogP contribution < -0.4 is 0 Å². The number of Topliss-reactive ketones (excluding diaryl/α,β-unsaturated/α-hetero) is 1. The number of halogens is 1. The zero-order valence-corrected chi connectivity index (χ0v) is 11.6. The van der Waals surface area contributed by atoms with Crippen LogP contribution in [0.1, 0.15) is 34.3 Å². The van der Waals surface area contributed by atoms with Crippen molar-refractivity contribution >= 4 is 39.0 Å². The standard InChI is InChI=1S/C11H13BrO3S/c1-3-15-11(14)5-4-9(13)10-6-8(12)7(2)16-10/h6H,3-5H2,1-2H3. The minimum Gasteiger partial charge on any atom is -0.466 e. The Labute approximate surface area is 107 Å². The van der Waals surface area contributed by atoms with Crippen LogP contribution in [0, 0.1) is 6.92 Å². The van der Waals surface area contributed by atoms with Gasteiger partial charge in [0.2, 0.25) is 0 Å². The summed E-state index contributed by atoms with van der Waals surface area (Å²) in [5.74, 6) is -0.324. The van der Waals surface area contributed by atoms with E-state index in [-0.39, 0.29) is 24.6 Å². The van der Waals surface area contributed by atoms with Crippen LogP contribution in [0.3, 0.4) is 0 Å². The average molecular weight is 305 g/mol. The fourth-order valence-corrected chi connectivity index (χ4v) is 2.67. The van der Waals surface area contributed by atoms with Crippen molar-refractivity contribution in [1.82, 2.24) is 0 Å². The zero-order valence-electron chi connectivity index (χ0n) is 9.21. The molecule has 0 aromatic carbocycles. The van der Waals surface area contributed by atoms with E-state index in [2.05, 4.69) is 15.9 Å². The quantitative estimate of drug-likeness (QED) is 0.619. The Hall–Kier alpha value is -0.680. The van der Waals surface area contributed by atoms with Gasteiger partial charge >= 0.3 is 5.97 Å². The first-order valence-corrected chi connectivity index (χ1v) is 6.60. The topological polar surface area (TPSA) is 43.4 Å². The lowest BCUT2D eigenvalue weighted by Gasteiger charge is -1.99. The van der Waals surface area contributed by atoms with Gasteiger partial charge in [-0.2, -0.15) is 0 Å². The molecule has 0 atom stereocenters. The molecule has 1 aromatic heterocycles. The maximum Gasteiger partial charge on any atom is 0.306 e. The highest BCUT2D eigenvalue weighted by atomic mass is 79.9. The fourth-order valence-electron chi connectivity index (χ4n) is 1.17. The van der Waals surface area contributed by atoms with Gasteiger partial charge in [-0.25, -0.2) is 0 Å². The summed E-state index contributed by atoms with van der Waals surface area (Å²) in [6.45, 7) is 4.05. The summed E-state index contributed by atoms with van der Waals surface area (Å²) >= 11 is 4.79. The van der Waals surface area contributed by atoms with E-state index in [1.807, 2.05) is 6.92 Å². The normalized spacial score (nSPS) is 10.2. The van der Waals surface area contributed by atoms with Gasteiger partial charge in [0, 0.05) is 15.8 Å². The first kappa shape index (κ1) is 13.4. The van der Waals surface area contributed by atoms with Crippen molar-refractivity contribution in [2.24, 2.45) is 0 Å². The molecule has 0 unspecified atom stereocenters. The molecule has 16 heavy (non-hydrogen) atoms. The number of aryl methyl sites for hydroxylation is 1. The van der Waals surface area contributed by atoms with E-state index in [9.17, 15) is 9.59 Å². The molecule has 1 aromatic rings. The molecule has 3 nitrogen and oxygen atoms in total. The molecule has 0 spiro atoms. The van der Waals surface area contributed by atoms with Crippen molar-refractivity contribution < 1.29 is 14.3 Å². The third kappa shape index (κ3) is 3.72. The number of carbonyl (C=O) groups is 2. The van der Waals surface area contributed by atoms with Crippen LogP contribution in [-0.4, -0.2) is 18.4 Å². The molecule has 1 heterocycles. The SMILES string of the molecule is CCOC(=O)CCC(=O)c1cc(Br)c(C)s1. The van der Waals surface area contributed by atoms with Crippen molar-refractivity contribution in [3.63, 3.8) is 0 Å². The second-order valence-corrected chi connectivity index (χ2v) is 5.35. The molecular weight excluding hydrogens is 292 g/mol. The lowest BCUT2D eigenvalue weighted by molar-refractivity contribution is -0.143. The van der Waals surface area contributed by atoms with Crippen molar-refractivity contribution in [2.75, 3.05) is 6.61 Å². The van der Waals surface area contributed by atoms with E-state index in [1.165, 1.54) is 11.3 Å². The third-order valence-electron chi connectivity index (χ3n) is 1.99. The van der Waals surface area contributed by atoms with Gasteiger partial charge in [-0.1, -0.05) is 0 Å². The molecule has 0 aliphatic carbocycles. The maximum absolute atomic E-state index is 11.7. The predicted molar refractivity (Wildman–Crippen MR) is 67.0 cm³/mol. The number of esters is 1. The molecule has 0 N–H and O–H groups in total. The van der Waals surface area contributed by atoms with Gasteiger partial charge in [0.25, 0.3) is 0 Å². The lowest BCUT2D eigenvalue weighted by Crippen LogP contribution is -2.07. The third-order valence-corrected chi connectivity index (χ3v) is 4.17. The maximum atomic E-state index is 11.7. The fraction of sp³-hybridized carbons (Fsp3) is 0.455. The zero-order chi connectivity index (χ0) is 12.1. The minimum atomic E-state index is -0.316. The Kier molecular flexibility index (Phi) is 5.15. The Morgan fingerprint density at radius 2 is 2.12 bits per heavy atom. The van der Waals surface area contributed by atoms with Gasteiger partial charge in [0.1, 0.15) is 0 Å². The summed E-state index contributed by atoms with van der Waals surface area (Å²) in [5.41, 5.74) is 0. The molecule has 1 rings (SSSR count). The van der Waals surface area contributed by atoms with E-state index in [4.69, 9.17) is 4.74 Å². The Morgan fingerprint density at radius 1 is 1.44 bits per heavy atom. The largest absolute Gasteiger partial charge is 0.466 e. The van der Waals surface area contributed by atoms with Crippen molar-refractivity contribution in [2.45, 2.75) is 26.7 Å². The number of hydrogen-bond donors (Lipinski definition) is 0. The Bertz CT molecular complexity index is 378. The molecular formula is C11H13BrO3S. The minimum absolute atomic E-state index is 0.00754. The molecule has 0 aliphatic rings. The van der Waals surface area contributed by atoms with Crippen LogP contribution in [0.4, 0.5) is 0 Å². The Balaban J connectivity index is 2.50. The molecule has 0 fully saturated rings. The van der Waals surface area contributed by atoms with E-state index < -0.39 is 0 Å². The van der Waals surface area contributed by atoms with Gasteiger partial charge in [-0.3, -0.25) is 9.59 Å². The number of carbonyl (C=O) groups excluding carboxylic acids is 2.